The zero-order valence-electron chi connectivity index (χ0n) is 14.6. The Hall–Kier alpha value is -0.890. The van der Waals surface area contributed by atoms with E-state index < -0.39 is 0 Å². The molecule has 120 valence electrons. The summed E-state index contributed by atoms with van der Waals surface area (Å²) in [6.45, 7) is 16.8. The number of allylic oxidation sites excluding steroid dienone is 3. The van der Waals surface area contributed by atoms with Crippen molar-refractivity contribution in [3.8, 4) is 0 Å². The molecule has 0 bridgehead atoms. The standard InChI is InChI=1S/C17H27NO.C2H6/c1-12-15(11-17(2,3)4)10-14(16(12)19)9-13-5-7-18-8-6-13;1-2/h11,13-14,18H,1,5-10H2,2-4H3;1-2H3/b15-11-;. The molecule has 2 heteroatoms. The Morgan fingerprint density at radius 1 is 1.24 bits per heavy atom. The van der Waals surface area contributed by atoms with Crippen LogP contribution in [0.2, 0.25) is 0 Å². The summed E-state index contributed by atoms with van der Waals surface area (Å²) in [5.74, 6) is 1.22. The van der Waals surface area contributed by atoms with Gasteiger partial charge < -0.3 is 5.32 Å². The molecule has 0 aromatic carbocycles. The van der Waals surface area contributed by atoms with Crippen LogP contribution in [-0.4, -0.2) is 18.9 Å². The topological polar surface area (TPSA) is 29.1 Å². The fourth-order valence-electron chi connectivity index (χ4n) is 3.26. The first-order valence-corrected chi connectivity index (χ1v) is 8.53. The number of Topliss-reactive ketones (excluding diaryl/α,β-unsaturated/α-hetero) is 1. The number of carbonyl (C=O) groups is 1. The number of rotatable bonds is 2. The van der Waals surface area contributed by atoms with Crippen LogP contribution in [-0.2, 0) is 4.79 Å². The zero-order chi connectivity index (χ0) is 16.0. The summed E-state index contributed by atoms with van der Waals surface area (Å²) in [6, 6.07) is 0. The number of piperidine rings is 1. The minimum atomic E-state index is 0.127. The molecule has 0 spiro atoms. The van der Waals surface area contributed by atoms with Crippen molar-refractivity contribution in [1.29, 1.82) is 0 Å². The summed E-state index contributed by atoms with van der Waals surface area (Å²) in [6.07, 6.45) is 6.64. The average molecular weight is 291 g/mol. The Balaban J connectivity index is 0.00000106. The highest BCUT2D eigenvalue weighted by Gasteiger charge is 2.34. The van der Waals surface area contributed by atoms with Gasteiger partial charge in [-0.1, -0.05) is 47.3 Å². The number of ketones is 1. The minimum Gasteiger partial charge on any atom is -0.317 e. The van der Waals surface area contributed by atoms with E-state index in [9.17, 15) is 4.79 Å². The summed E-state index contributed by atoms with van der Waals surface area (Å²) in [7, 11) is 0. The van der Waals surface area contributed by atoms with Gasteiger partial charge >= 0.3 is 0 Å². The molecule has 1 unspecified atom stereocenters. The molecule has 1 aliphatic carbocycles. The van der Waals surface area contributed by atoms with Crippen LogP contribution >= 0.6 is 0 Å². The second-order valence-corrected chi connectivity index (χ2v) is 7.21. The molecule has 2 rings (SSSR count). The second kappa shape index (κ2) is 7.93. The number of hydrogen-bond acceptors (Lipinski definition) is 2. The van der Waals surface area contributed by atoms with E-state index in [-0.39, 0.29) is 11.3 Å². The third kappa shape index (κ3) is 5.43. The van der Waals surface area contributed by atoms with Gasteiger partial charge in [-0.15, -0.1) is 0 Å². The molecular weight excluding hydrogens is 258 g/mol. The van der Waals surface area contributed by atoms with Crippen LogP contribution in [0.4, 0.5) is 0 Å². The summed E-state index contributed by atoms with van der Waals surface area (Å²) in [5, 5.41) is 3.39. The third-order valence-electron chi connectivity index (χ3n) is 4.21. The number of carbonyl (C=O) groups excluding carboxylic acids is 1. The molecule has 0 aromatic heterocycles. The van der Waals surface area contributed by atoms with Crippen LogP contribution in [0.15, 0.2) is 23.8 Å². The van der Waals surface area contributed by atoms with E-state index in [4.69, 9.17) is 0 Å². The van der Waals surface area contributed by atoms with Crippen molar-refractivity contribution in [1.82, 2.24) is 5.32 Å². The van der Waals surface area contributed by atoms with Crippen LogP contribution < -0.4 is 5.32 Å². The Kier molecular flexibility index (Phi) is 6.86. The van der Waals surface area contributed by atoms with Crippen LogP contribution in [0.5, 0.6) is 0 Å². The van der Waals surface area contributed by atoms with Gasteiger partial charge in [0.15, 0.2) is 5.78 Å². The summed E-state index contributed by atoms with van der Waals surface area (Å²) in [4.78, 5) is 12.3. The number of hydrogen-bond donors (Lipinski definition) is 1. The quantitative estimate of drug-likeness (QED) is 0.758. The van der Waals surface area contributed by atoms with Crippen molar-refractivity contribution < 1.29 is 4.79 Å². The lowest BCUT2D eigenvalue weighted by Crippen LogP contribution is -2.29. The smallest absolute Gasteiger partial charge is 0.165 e. The van der Waals surface area contributed by atoms with Crippen molar-refractivity contribution in [2.75, 3.05) is 13.1 Å². The molecule has 1 heterocycles. The van der Waals surface area contributed by atoms with Gasteiger partial charge in [0.1, 0.15) is 0 Å². The van der Waals surface area contributed by atoms with Crippen LogP contribution in [0.25, 0.3) is 0 Å². The Bertz CT molecular complexity index is 394. The Morgan fingerprint density at radius 2 is 1.81 bits per heavy atom. The average Bonchev–Trinajstić information content (AvgIpc) is 2.69. The van der Waals surface area contributed by atoms with E-state index in [1.54, 1.807) is 0 Å². The highest BCUT2D eigenvalue weighted by molar-refractivity contribution is 6.04. The van der Waals surface area contributed by atoms with Gasteiger partial charge in [-0.3, -0.25) is 4.79 Å². The van der Waals surface area contributed by atoms with Crippen molar-refractivity contribution >= 4 is 5.78 Å². The first-order valence-electron chi connectivity index (χ1n) is 8.53. The molecule has 0 aromatic rings. The molecule has 0 amide bonds. The van der Waals surface area contributed by atoms with Gasteiger partial charge in [-0.25, -0.2) is 0 Å². The molecule has 0 radical (unpaired) electrons. The fraction of sp³-hybridized carbons (Fsp3) is 0.737. The van der Waals surface area contributed by atoms with Crippen LogP contribution in [0.3, 0.4) is 0 Å². The van der Waals surface area contributed by atoms with Gasteiger partial charge in [-0.05, 0) is 55.7 Å². The fourth-order valence-corrected chi connectivity index (χ4v) is 3.26. The Morgan fingerprint density at radius 3 is 2.33 bits per heavy atom. The lowest BCUT2D eigenvalue weighted by atomic mass is 9.86. The first kappa shape index (κ1) is 18.2. The molecule has 1 N–H and O–H groups in total. The van der Waals surface area contributed by atoms with E-state index in [0.717, 1.165) is 37.4 Å². The van der Waals surface area contributed by atoms with E-state index in [0.29, 0.717) is 5.78 Å². The van der Waals surface area contributed by atoms with Gasteiger partial charge in [0.2, 0.25) is 0 Å². The summed E-state index contributed by atoms with van der Waals surface area (Å²) >= 11 is 0. The molecule has 2 nitrogen and oxygen atoms in total. The second-order valence-electron chi connectivity index (χ2n) is 7.21. The predicted molar refractivity (Wildman–Crippen MR) is 91.4 cm³/mol. The van der Waals surface area contributed by atoms with E-state index in [2.05, 4.69) is 38.7 Å². The molecule has 1 aliphatic heterocycles. The maximum Gasteiger partial charge on any atom is 0.165 e. The SMILES string of the molecule is C=C1C(=O)C(CC2CCNCC2)C/C1=C/C(C)(C)C.CC. The monoisotopic (exact) mass is 291 g/mol. The number of nitrogens with one attached hydrogen (secondary N) is 1. The van der Waals surface area contributed by atoms with E-state index in [1.165, 1.54) is 18.4 Å². The maximum absolute atomic E-state index is 12.3. The lowest BCUT2D eigenvalue weighted by molar-refractivity contribution is -0.118. The van der Waals surface area contributed by atoms with Crippen molar-refractivity contribution in [3.05, 3.63) is 23.8 Å². The highest BCUT2D eigenvalue weighted by Crippen LogP contribution is 2.38. The normalized spacial score (nSPS) is 26.0. The molecule has 21 heavy (non-hydrogen) atoms. The van der Waals surface area contributed by atoms with Crippen molar-refractivity contribution in [2.24, 2.45) is 17.3 Å². The van der Waals surface area contributed by atoms with E-state index in [1.807, 2.05) is 13.8 Å². The molecule has 1 saturated carbocycles. The summed E-state index contributed by atoms with van der Waals surface area (Å²) in [5.41, 5.74) is 2.09. The molecule has 1 atom stereocenters. The molecule has 1 saturated heterocycles. The van der Waals surface area contributed by atoms with Crippen molar-refractivity contribution in [2.45, 2.75) is 60.3 Å². The van der Waals surface area contributed by atoms with Crippen molar-refractivity contribution in [3.63, 3.8) is 0 Å². The highest BCUT2D eigenvalue weighted by atomic mass is 16.1. The largest absolute Gasteiger partial charge is 0.317 e. The molecular formula is C19H33NO. The van der Waals surface area contributed by atoms with Gasteiger partial charge in [0.25, 0.3) is 0 Å². The summed E-state index contributed by atoms with van der Waals surface area (Å²) < 4.78 is 0. The minimum absolute atomic E-state index is 0.127. The first-order chi connectivity index (χ1) is 9.87. The predicted octanol–water partition coefficient (Wildman–Crippen LogP) is 4.52. The molecule has 2 fully saturated rings. The molecule has 2 aliphatic rings. The van der Waals surface area contributed by atoms with Crippen LogP contribution in [0.1, 0.15) is 60.3 Å². The van der Waals surface area contributed by atoms with Gasteiger partial charge in [0.05, 0.1) is 0 Å². The third-order valence-corrected chi connectivity index (χ3v) is 4.21. The lowest BCUT2D eigenvalue weighted by Gasteiger charge is -2.24. The Labute approximate surface area is 131 Å². The van der Waals surface area contributed by atoms with E-state index >= 15 is 0 Å². The van der Waals surface area contributed by atoms with Gasteiger partial charge in [-0.2, -0.15) is 0 Å². The van der Waals surface area contributed by atoms with Gasteiger partial charge in [0, 0.05) is 11.5 Å². The maximum atomic E-state index is 12.3. The van der Waals surface area contributed by atoms with Crippen LogP contribution in [0, 0.1) is 17.3 Å². The zero-order valence-corrected chi connectivity index (χ0v) is 14.6.